The van der Waals surface area contributed by atoms with Crippen molar-refractivity contribution in [2.75, 3.05) is 13.7 Å². The molecular weight excluding hydrogens is 204 g/mol. The van der Waals surface area contributed by atoms with E-state index in [1.165, 1.54) is 13.3 Å². The van der Waals surface area contributed by atoms with Crippen molar-refractivity contribution in [3.8, 4) is 0 Å². The number of methoxy groups -OCH3 is 1. The molecule has 0 N–H and O–H groups in total. The third-order valence-corrected chi connectivity index (χ3v) is 2.05. The smallest absolute Gasteiger partial charge is 0.207 e. The highest BCUT2D eigenvalue weighted by Crippen LogP contribution is 2.16. The molecule has 0 bridgehead atoms. The van der Waals surface area contributed by atoms with Crippen molar-refractivity contribution in [1.82, 2.24) is 9.78 Å². The van der Waals surface area contributed by atoms with Crippen molar-refractivity contribution < 1.29 is 9.53 Å². The van der Waals surface area contributed by atoms with Gasteiger partial charge >= 0.3 is 0 Å². The minimum absolute atomic E-state index is 0.0368. The summed E-state index contributed by atoms with van der Waals surface area (Å²) < 4.78 is 6.38. The predicted octanol–water partition coefficient (Wildman–Crippen LogP) is 1.78. The predicted molar refractivity (Wildman–Crippen MR) is 53.7 cm³/mol. The summed E-state index contributed by atoms with van der Waals surface area (Å²) in [7, 11) is 1.48. The summed E-state index contributed by atoms with van der Waals surface area (Å²) in [6.07, 6.45) is 2.39. The lowest BCUT2D eigenvalue weighted by molar-refractivity contribution is 0.0837. The van der Waals surface area contributed by atoms with Crippen LogP contribution in [-0.2, 0) is 11.3 Å². The van der Waals surface area contributed by atoms with E-state index in [9.17, 15) is 4.79 Å². The zero-order chi connectivity index (χ0) is 10.6. The van der Waals surface area contributed by atoms with Crippen molar-refractivity contribution in [2.24, 2.45) is 0 Å². The maximum atomic E-state index is 11.6. The maximum Gasteiger partial charge on any atom is 0.207 e. The van der Waals surface area contributed by atoms with Gasteiger partial charge in [0.25, 0.3) is 0 Å². The zero-order valence-corrected chi connectivity index (χ0v) is 9.04. The Morgan fingerprint density at radius 2 is 2.43 bits per heavy atom. The fraction of sp³-hybridized carbons (Fsp3) is 0.556. The van der Waals surface area contributed by atoms with Crippen LogP contribution in [0.5, 0.6) is 0 Å². The van der Waals surface area contributed by atoms with Crippen LogP contribution >= 0.6 is 11.6 Å². The van der Waals surface area contributed by atoms with Crippen LogP contribution in [0.1, 0.15) is 23.8 Å². The van der Waals surface area contributed by atoms with Gasteiger partial charge in [-0.1, -0.05) is 18.5 Å². The quantitative estimate of drug-likeness (QED) is 0.705. The second kappa shape index (κ2) is 5.12. The Morgan fingerprint density at radius 1 is 1.71 bits per heavy atom. The van der Waals surface area contributed by atoms with Crippen LogP contribution in [0.2, 0.25) is 5.02 Å². The first kappa shape index (κ1) is 11.2. The molecule has 0 aliphatic carbocycles. The summed E-state index contributed by atoms with van der Waals surface area (Å²) in [6.45, 7) is 2.74. The Bertz CT molecular complexity index is 323. The third kappa shape index (κ3) is 2.33. The second-order valence-electron chi connectivity index (χ2n) is 2.92. The van der Waals surface area contributed by atoms with Crippen molar-refractivity contribution in [1.29, 1.82) is 0 Å². The number of rotatable bonds is 5. The number of ether oxygens (including phenoxy) is 1. The summed E-state index contributed by atoms with van der Waals surface area (Å²) in [5, 5.41) is 4.41. The topological polar surface area (TPSA) is 44.1 Å². The highest BCUT2D eigenvalue weighted by molar-refractivity contribution is 6.33. The number of nitrogens with zero attached hydrogens (tertiary/aromatic N) is 2. The lowest BCUT2D eigenvalue weighted by Crippen LogP contribution is -2.15. The number of aryl methyl sites for hydroxylation is 1. The van der Waals surface area contributed by atoms with Gasteiger partial charge < -0.3 is 4.74 Å². The summed E-state index contributed by atoms with van der Waals surface area (Å²) in [5.74, 6) is -0.136. The van der Waals surface area contributed by atoms with Crippen molar-refractivity contribution in [3.05, 3.63) is 16.9 Å². The molecule has 0 amide bonds. The number of aromatic nitrogens is 2. The molecule has 0 spiro atoms. The van der Waals surface area contributed by atoms with Gasteiger partial charge in [0.15, 0.2) is 0 Å². The number of carbonyl (C=O) groups is 1. The Kier molecular flexibility index (Phi) is 4.10. The highest BCUT2D eigenvalue weighted by Gasteiger charge is 2.16. The Balaban J connectivity index is 2.92. The fourth-order valence-corrected chi connectivity index (χ4v) is 1.47. The van der Waals surface area contributed by atoms with Crippen LogP contribution in [0, 0.1) is 0 Å². The zero-order valence-electron chi connectivity index (χ0n) is 8.29. The van der Waals surface area contributed by atoms with Crippen LogP contribution in [0.3, 0.4) is 0 Å². The van der Waals surface area contributed by atoms with E-state index in [-0.39, 0.29) is 12.4 Å². The average Bonchev–Trinajstić information content (AvgIpc) is 2.48. The summed E-state index contributed by atoms with van der Waals surface area (Å²) in [4.78, 5) is 11.6. The molecule has 0 aliphatic rings. The molecule has 0 aromatic carbocycles. The fourth-order valence-electron chi connectivity index (χ4n) is 1.22. The molecule has 0 unspecified atom stereocenters. The van der Waals surface area contributed by atoms with E-state index in [0.717, 1.165) is 6.42 Å². The normalized spacial score (nSPS) is 10.5. The molecule has 1 aromatic heterocycles. The van der Waals surface area contributed by atoms with Gasteiger partial charge in [0.2, 0.25) is 5.78 Å². The van der Waals surface area contributed by atoms with Crippen LogP contribution in [0.25, 0.3) is 0 Å². The summed E-state index contributed by atoms with van der Waals surface area (Å²) in [5.41, 5.74) is 0.440. The Labute approximate surface area is 87.8 Å². The molecule has 14 heavy (non-hydrogen) atoms. The molecule has 0 saturated carbocycles. The van der Waals surface area contributed by atoms with Crippen molar-refractivity contribution in [3.63, 3.8) is 0 Å². The number of halogens is 1. The maximum absolute atomic E-state index is 11.6. The molecule has 78 valence electrons. The van der Waals surface area contributed by atoms with Crippen LogP contribution < -0.4 is 0 Å². The van der Waals surface area contributed by atoms with Crippen LogP contribution in [-0.4, -0.2) is 29.3 Å². The number of carbonyl (C=O) groups excluding carboxylic acids is 1. The van der Waals surface area contributed by atoms with E-state index in [0.29, 0.717) is 17.3 Å². The largest absolute Gasteiger partial charge is 0.376 e. The van der Waals surface area contributed by atoms with Crippen LogP contribution in [0.4, 0.5) is 0 Å². The molecule has 1 rings (SSSR count). The first-order valence-corrected chi connectivity index (χ1v) is 4.82. The third-order valence-electron chi connectivity index (χ3n) is 1.77. The molecule has 0 radical (unpaired) electrons. The lowest BCUT2D eigenvalue weighted by atomic mass is 10.3. The number of ketones is 1. The van der Waals surface area contributed by atoms with Gasteiger partial charge in [0.05, 0.1) is 11.2 Å². The van der Waals surface area contributed by atoms with Gasteiger partial charge in [-0.15, -0.1) is 0 Å². The molecule has 0 fully saturated rings. The minimum Gasteiger partial charge on any atom is -0.376 e. The van der Waals surface area contributed by atoms with Gasteiger partial charge in [0, 0.05) is 13.7 Å². The molecular formula is C9H13ClN2O2. The Morgan fingerprint density at radius 3 is 3.00 bits per heavy atom. The Hall–Kier alpha value is -0.870. The van der Waals surface area contributed by atoms with Gasteiger partial charge in [0.1, 0.15) is 12.3 Å². The first-order valence-electron chi connectivity index (χ1n) is 4.44. The molecule has 4 nitrogen and oxygen atoms in total. The second-order valence-corrected chi connectivity index (χ2v) is 3.33. The lowest BCUT2D eigenvalue weighted by Gasteiger charge is -2.04. The molecule has 5 heteroatoms. The summed E-state index contributed by atoms with van der Waals surface area (Å²) >= 11 is 5.85. The van der Waals surface area contributed by atoms with Crippen LogP contribution in [0.15, 0.2) is 6.20 Å². The SMILES string of the molecule is CCCn1ncc(Cl)c1C(=O)COC. The summed E-state index contributed by atoms with van der Waals surface area (Å²) in [6, 6.07) is 0. The van der Waals surface area contributed by atoms with E-state index < -0.39 is 0 Å². The van der Waals surface area contributed by atoms with E-state index >= 15 is 0 Å². The first-order chi connectivity index (χ1) is 6.70. The van der Waals surface area contributed by atoms with Crippen molar-refractivity contribution in [2.45, 2.75) is 19.9 Å². The molecule has 1 heterocycles. The standard InChI is InChI=1S/C9H13ClN2O2/c1-3-4-12-9(7(10)5-11-12)8(13)6-14-2/h5H,3-4,6H2,1-2H3. The number of hydrogen-bond donors (Lipinski definition) is 0. The van der Waals surface area contributed by atoms with Gasteiger partial charge in [-0.3, -0.25) is 9.48 Å². The molecule has 0 atom stereocenters. The average molecular weight is 217 g/mol. The molecule has 1 aromatic rings. The van der Waals surface area contributed by atoms with Crippen molar-refractivity contribution >= 4 is 17.4 Å². The number of hydrogen-bond acceptors (Lipinski definition) is 3. The van der Waals surface area contributed by atoms with E-state index in [2.05, 4.69) is 5.10 Å². The van der Waals surface area contributed by atoms with Gasteiger partial charge in [-0.25, -0.2) is 0 Å². The van der Waals surface area contributed by atoms with E-state index in [1.54, 1.807) is 4.68 Å². The van der Waals surface area contributed by atoms with Gasteiger partial charge in [-0.05, 0) is 6.42 Å². The van der Waals surface area contributed by atoms with E-state index in [4.69, 9.17) is 16.3 Å². The monoisotopic (exact) mass is 216 g/mol. The highest BCUT2D eigenvalue weighted by atomic mass is 35.5. The minimum atomic E-state index is -0.136. The van der Waals surface area contributed by atoms with E-state index in [1.807, 2.05) is 6.92 Å². The van der Waals surface area contributed by atoms with Gasteiger partial charge in [-0.2, -0.15) is 5.10 Å². The molecule has 0 saturated heterocycles. The number of Topliss-reactive ketones (excluding diaryl/α,β-unsaturated/α-hetero) is 1. The molecule has 0 aliphatic heterocycles.